The van der Waals surface area contributed by atoms with Crippen molar-refractivity contribution in [3.05, 3.63) is 69.7 Å². The third-order valence-electron chi connectivity index (χ3n) is 2.42. The van der Waals surface area contributed by atoms with Gasteiger partial charge in [0.1, 0.15) is 11.6 Å². The zero-order valence-corrected chi connectivity index (χ0v) is 11.0. The Kier molecular flexibility index (Phi) is 3.79. The molecular formula is C13H8BrClF2. The first-order valence-corrected chi connectivity index (χ1v) is 6.16. The van der Waals surface area contributed by atoms with Crippen molar-refractivity contribution >= 4 is 27.5 Å². The van der Waals surface area contributed by atoms with Crippen molar-refractivity contribution in [3.63, 3.8) is 0 Å². The van der Waals surface area contributed by atoms with E-state index in [9.17, 15) is 8.78 Å². The molecule has 2 rings (SSSR count). The van der Waals surface area contributed by atoms with Gasteiger partial charge in [0.2, 0.25) is 0 Å². The minimum Gasteiger partial charge on any atom is -0.207 e. The maximum atomic E-state index is 13.5. The maximum absolute atomic E-state index is 13.5. The SMILES string of the molecule is Fc1cccc(F)c1C(Cl)c1ccc(Br)cc1. The molecule has 0 bridgehead atoms. The summed E-state index contributed by atoms with van der Waals surface area (Å²) in [6.45, 7) is 0. The molecule has 0 N–H and O–H groups in total. The van der Waals surface area contributed by atoms with Gasteiger partial charge >= 0.3 is 0 Å². The molecule has 0 spiro atoms. The predicted molar refractivity (Wildman–Crippen MR) is 68.2 cm³/mol. The lowest BCUT2D eigenvalue weighted by Gasteiger charge is -2.12. The van der Waals surface area contributed by atoms with Gasteiger partial charge in [-0.15, -0.1) is 11.6 Å². The second kappa shape index (κ2) is 5.15. The lowest BCUT2D eigenvalue weighted by molar-refractivity contribution is 0.559. The number of benzene rings is 2. The molecule has 0 heterocycles. The van der Waals surface area contributed by atoms with Crippen LogP contribution in [0.1, 0.15) is 16.5 Å². The largest absolute Gasteiger partial charge is 0.207 e. The highest BCUT2D eigenvalue weighted by Crippen LogP contribution is 2.32. The Morgan fingerprint density at radius 2 is 1.47 bits per heavy atom. The average molecular weight is 318 g/mol. The van der Waals surface area contributed by atoms with E-state index in [2.05, 4.69) is 15.9 Å². The molecule has 1 unspecified atom stereocenters. The molecule has 0 radical (unpaired) electrons. The fourth-order valence-electron chi connectivity index (χ4n) is 1.55. The summed E-state index contributed by atoms with van der Waals surface area (Å²) in [4.78, 5) is 0. The molecule has 0 fully saturated rings. The summed E-state index contributed by atoms with van der Waals surface area (Å²) >= 11 is 9.39. The Labute approximate surface area is 111 Å². The summed E-state index contributed by atoms with van der Waals surface area (Å²) in [6.07, 6.45) is 0. The maximum Gasteiger partial charge on any atom is 0.131 e. The first kappa shape index (κ1) is 12.5. The Balaban J connectivity index is 2.43. The molecule has 88 valence electrons. The topological polar surface area (TPSA) is 0 Å². The van der Waals surface area contributed by atoms with Gasteiger partial charge in [0.15, 0.2) is 0 Å². The molecule has 0 nitrogen and oxygen atoms in total. The summed E-state index contributed by atoms with van der Waals surface area (Å²) in [5.41, 5.74) is 0.537. The first-order chi connectivity index (χ1) is 8.09. The van der Waals surface area contributed by atoms with Crippen LogP contribution in [0, 0.1) is 11.6 Å². The molecule has 0 aromatic heterocycles. The fourth-order valence-corrected chi connectivity index (χ4v) is 2.17. The van der Waals surface area contributed by atoms with Gasteiger partial charge in [-0.05, 0) is 29.8 Å². The van der Waals surface area contributed by atoms with E-state index in [0.717, 1.165) is 4.47 Å². The summed E-state index contributed by atoms with van der Waals surface area (Å²) in [6, 6.07) is 10.7. The number of hydrogen-bond acceptors (Lipinski definition) is 0. The van der Waals surface area contributed by atoms with Crippen LogP contribution >= 0.6 is 27.5 Å². The van der Waals surface area contributed by atoms with Gasteiger partial charge in [-0.2, -0.15) is 0 Å². The smallest absolute Gasteiger partial charge is 0.131 e. The molecular weight excluding hydrogens is 309 g/mol. The Morgan fingerprint density at radius 3 is 2.00 bits per heavy atom. The van der Waals surface area contributed by atoms with Crippen molar-refractivity contribution in [2.45, 2.75) is 5.38 Å². The van der Waals surface area contributed by atoms with E-state index in [1.807, 2.05) is 0 Å². The lowest BCUT2D eigenvalue weighted by Crippen LogP contribution is -2.00. The quantitative estimate of drug-likeness (QED) is 0.680. The van der Waals surface area contributed by atoms with Crippen molar-refractivity contribution in [3.8, 4) is 0 Å². The lowest BCUT2D eigenvalue weighted by atomic mass is 10.0. The highest BCUT2D eigenvalue weighted by molar-refractivity contribution is 9.10. The summed E-state index contributed by atoms with van der Waals surface area (Å²) in [5, 5.41) is -0.829. The van der Waals surface area contributed by atoms with Gasteiger partial charge in [-0.3, -0.25) is 0 Å². The predicted octanol–water partition coefficient (Wildman–Crippen LogP) is 5.06. The first-order valence-electron chi connectivity index (χ1n) is 4.93. The minimum atomic E-state index is -0.829. The van der Waals surface area contributed by atoms with Gasteiger partial charge < -0.3 is 0 Å². The summed E-state index contributed by atoms with van der Waals surface area (Å²) in [7, 11) is 0. The molecule has 1 atom stereocenters. The molecule has 0 aliphatic rings. The average Bonchev–Trinajstić information content (AvgIpc) is 2.29. The highest BCUT2D eigenvalue weighted by Gasteiger charge is 2.19. The van der Waals surface area contributed by atoms with Crippen molar-refractivity contribution < 1.29 is 8.78 Å². The van der Waals surface area contributed by atoms with E-state index in [0.29, 0.717) is 5.56 Å². The number of halogens is 4. The van der Waals surface area contributed by atoms with Crippen LogP contribution in [0.25, 0.3) is 0 Å². The molecule has 0 saturated carbocycles. The second-order valence-electron chi connectivity index (χ2n) is 3.55. The third kappa shape index (κ3) is 2.67. The van der Waals surface area contributed by atoms with Crippen LogP contribution in [-0.4, -0.2) is 0 Å². The Bertz CT molecular complexity index is 505. The highest BCUT2D eigenvalue weighted by atomic mass is 79.9. The number of hydrogen-bond donors (Lipinski definition) is 0. The molecule has 0 saturated heterocycles. The van der Waals surface area contributed by atoms with Crippen molar-refractivity contribution in [2.75, 3.05) is 0 Å². The van der Waals surface area contributed by atoms with Crippen molar-refractivity contribution in [1.82, 2.24) is 0 Å². The number of rotatable bonds is 2. The minimum absolute atomic E-state index is 0.114. The van der Waals surface area contributed by atoms with E-state index >= 15 is 0 Å². The van der Waals surface area contributed by atoms with E-state index in [-0.39, 0.29) is 5.56 Å². The Morgan fingerprint density at radius 1 is 0.941 bits per heavy atom. The van der Waals surface area contributed by atoms with Crippen LogP contribution in [0.5, 0.6) is 0 Å². The normalized spacial score (nSPS) is 12.5. The molecule has 0 amide bonds. The standard InChI is InChI=1S/C13H8BrClF2/c14-9-6-4-8(5-7-9)13(15)12-10(16)2-1-3-11(12)17/h1-7,13H. The molecule has 4 heteroatoms. The van der Waals surface area contributed by atoms with Crippen molar-refractivity contribution in [1.29, 1.82) is 0 Å². The second-order valence-corrected chi connectivity index (χ2v) is 4.90. The van der Waals surface area contributed by atoms with Crippen LogP contribution in [0.2, 0.25) is 0 Å². The number of alkyl halides is 1. The molecule has 0 aliphatic heterocycles. The zero-order valence-electron chi connectivity index (χ0n) is 8.63. The van der Waals surface area contributed by atoms with E-state index < -0.39 is 17.0 Å². The van der Waals surface area contributed by atoms with Crippen molar-refractivity contribution in [2.24, 2.45) is 0 Å². The van der Waals surface area contributed by atoms with E-state index in [4.69, 9.17) is 11.6 Å². The van der Waals surface area contributed by atoms with Crippen LogP contribution in [0.4, 0.5) is 8.78 Å². The molecule has 17 heavy (non-hydrogen) atoms. The molecule has 2 aromatic carbocycles. The zero-order chi connectivity index (χ0) is 12.4. The van der Waals surface area contributed by atoms with Gasteiger partial charge in [0.05, 0.1) is 5.38 Å². The van der Waals surface area contributed by atoms with Gasteiger partial charge in [-0.25, -0.2) is 8.78 Å². The van der Waals surface area contributed by atoms with Gasteiger partial charge in [0, 0.05) is 10.0 Å². The van der Waals surface area contributed by atoms with Crippen LogP contribution in [0.15, 0.2) is 46.9 Å². The Hall–Kier alpha value is -0.930. The fraction of sp³-hybridized carbons (Fsp3) is 0.0769. The summed E-state index contributed by atoms with van der Waals surface area (Å²) < 4.78 is 28.0. The molecule has 0 aliphatic carbocycles. The van der Waals surface area contributed by atoms with E-state index in [1.54, 1.807) is 24.3 Å². The van der Waals surface area contributed by atoms with Crippen LogP contribution in [0.3, 0.4) is 0 Å². The van der Waals surface area contributed by atoms with Crippen LogP contribution in [-0.2, 0) is 0 Å². The van der Waals surface area contributed by atoms with Gasteiger partial charge in [-0.1, -0.05) is 34.1 Å². The van der Waals surface area contributed by atoms with Gasteiger partial charge in [0.25, 0.3) is 0 Å². The summed E-state index contributed by atoms with van der Waals surface area (Å²) in [5.74, 6) is -1.26. The monoisotopic (exact) mass is 316 g/mol. The van der Waals surface area contributed by atoms with Crippen LogP contribution < -0.4 is 0 Å². The third-order valence-corrected chi connectivity index (χ3v) is 3.41. The van der Waals surface area contributed by atoms with E-state index in [1.165, 1.54) is 18.2 Å². The molecule has 2 aromatic rings.